The van der Waals surface area contributed by atoms with Crippen molar-refractivity contribution < 1.29 is 27.9 Å². The Labute approximate surface area is 141 Å². The Kier molecular flexibility index (Phi) is 4.24. The number of carboxylic acid groups (broad SMARTS) is 1. The Morgan fingerprint density at radius 3 is 2.28 bits per heavy atom. The molecule has 130 valence electrons. The van der Waals surface area contributed by atoms with Gasteiger partial charge in [0, 0.05) is 12.1 Å². The second kappa shape index (κ2) is 6.23. The number of halogens is 3. The third kappa shape index (κ3) is 3.50. The van der Waals surface area contributed by atoms with Crippen LogP contribution in [0, 0.1) is 0 Å². The quantitative estimate of drug-likeness (QED) is 0.856. The molecule has 0 radical (unpaired) electrons. The van der Waals surface area contributed by atoms with E-state index in [2.05, 4.69) is 0 Å². The van der Waals surface area contributed by atoms with Crippen molar-refractivity contribution in [2.45, 2.75) is 19.0 Å². The number of hydrogen-bond acceptors (Lipinski definition) is 3. The largest absolute Gasteiger partial charge is 0.548 e. The van der Waals surface area contributed by atoms with Gasteiger partial charge in [-0.15, -0.1) is 0 Å². The molecule has 0 bridgehead atoms. The summed E-state index contributed by atoms with van der Waals surface area (Å²) in [6.07, 6.45) is -3.76. The number of hydrogen-bond donors (Lipinski definition) is 0. The summed E-state index contributed by atoms with van der Waals surface area (Å²) in [4.78, 5) is 23.9. The topological polar surface area (TPSA) is 60.4 Å². The number of anilines is 1. The minimum Gasteiger partial charge on any atom is -0.548 e. The van der Waals surface area contributed by atoms with Crippen LogP contribution in [0.15, 0.2) is 42.5 Å². The van der Waals surface area contributed by atoms with Crippen LogP contribution < -0.4 is 10.0 Å². The SMILES string of the molecule is O=C([O-])CN1C(=O)CCc2cc(-c3ccc(C(F)(F)F)cc3)ccc21. The Bertz CT molecular complexity index is 828. The average molecular weight is 348 g/mol. The van der Waals surface area contributed by atoms with E-state index < -0.39 is 24.3 Å². The summed E-state index contributed by atoms with van der Waals surface area (Å²) in [5, 5.41) is 10.8. The van der Waals surface area contributed by atoms with Crippen LogP contribution >= 0.6 is 0 Å². The summed E-state index contributed by atoms with van der Waals surface area (Å²) in [5.41, 5.74) is 1.86. The van der Waals surface area contributed by atoms with E-state index in [1.54, 1.807) is 18.2 Å². The lowest BCUT2D eigenvalue weighted by atomic mass is 9.95. The fraction of sp³-hybridized carbons (Fsp3) is 0.222. The Balaban J connectivity index is 1.93. The van der Waals surface area contributed by atoms with E-state index in [-0.39, 0.29) is 12.3 Å². The van der Waals surface area contributed by atoms with Crippen LogP contribution in [-0.4, -0.2) is 18.4 Å². The summed E-state index contributed by atoms with van der Waals surface area (Å²) >= 11 is 0. The van der Waals surface area contributed by atoms with E-state index >= 15 is 0 Å². The first kappa shape index (κ1) is 17.0. The van der Waals surface area contributed by atoms with Crippen molar-refractivity contribution in [2.24, 2.45) is 0 Å². The number of carbonyl (C=O) groups excluding carboxylic acids is 2. The molecule has 25 heavy (non-hydrogen) atoms. The van der Waals surface area contributed by atoms with Gasteiger partial charge in [-0.2, -0.15) is 13.2 Å². The van der Waals surface area contributed by atoms with Crippen molar-refractivity contribution in [3.63, 3.8) is 0 Å². The molecule has 0 N–H and O–H groups in total. The van der Waals surface area contributed by atoms with E-state index in [4.69, 9.17) is 0 Å². The molecule has 0 aliphatic carbocycles. The van der Waals surface area contributed by atoms with E-state index in [1.807, 2.05) is 0 Å². The first-order valence-corrected chi connectivity index (χ1v) is 7.56. The number of amides is 1. The van der Waals surface area contributed by atoms with Crippen molar-refractivity contribution in [1.29, 1.82) is 0 Å². The first-order valence-electron chi connectivity index (χ1n) is 7.56. The Morgan fingerprint density at radius 1 is 1.04 bits per heavy atom. The zero-order valence-corrected chi connectivity index (χ0v) is 13.0. The smallest absolute Gasteiger partial charge is 0.416 e. The zero-order valence-electron chi connectivity index (χ0n) is 13.0. The number of nitrogens with zero attached hydrogens (tertiary/aromatic N) is 1. The molecule has 4 nitrogen and oxygen atoms in total. The molecule has 0 saturated heterocycles. The van der Waals surface area contributed by atoms with Crippen molar-refractivity contribution in [3.05, 3.63) is 53.6 Å². The van der Waals surface area contributed by atoms with E-state index in [0.29, 0.717) is 23.2 Å². The van der Waals surface area contributed by atoms with E-state index in [9.17, 15) is 27.9 Å². The highest BCUT2D eigenvalue weighted by atomic mass is 19.4. The van der Waals surface area contributed by atoms with Crippen LogP contribution in [0.25, 0.3) is 11.1 Å². The highest BCUT2D eigenvalue weighted by molar-refractivity contribution is 6.00. The van der Waals surface area contributed by atoms with Gasteiger partial charge in [0.15, 0.2) is 0 Å². The highest BCUT2D eigenvalue weighted by Crippen LogP contribution is 2.34. The number of fused-ring (bicyclic) bond motifs is 1. The van der Waals surface area contributed by atoms with Crippen LogP contribution in [0.2, 0.25) is 0 Å². The van der Waals surface area contributed by atoms with Gasteiger partial charge in [0.2, 0.25) is 5.91 Å². The summed E-state index contributed by atoms with van der Waals surface area (Å²) in [5.74, 6) is -1.65. The number of aliphatic carboxylic acids is 1. The predicted molar refractivity (Wildman–Crippen MR) is 82.6 cm³/mol. The number of benzene rings is 2. The summed E-state index contributed by atoms with van der Waals surface area (Å²) < 4.78 is 37.9. The van der Waals surface area contributed by atoms with E-state index in [0.717, 1.165) is 22.6 Å². The van der Waals surface area contributed by atoms with Crippen molar-refractivity contribution in [1.82, 2.24) is 0 Å². The molecule has 2 aromatic rings. The van der Waals surface area contributed by atoms with Gasteiger partial charge in [0.05, 0.1) is 18.1 Å². The fourth-order valence-corrected chi connectivity index (χ4v) is 2.89. The van der Waals surface area contributed by atoms with Gasteiger partial charge in [-0.1, -0.05) is 18.2 Å². The van der Waals surface area contributed by atoms with Crippen LogP contribution in [0.5, 0.6) is 0 Å². The third-order valence-electron chi connectivity index (χ3n) is 4.11. The molecular formula is C18H13F3NO3-. The number of alkyl halides is 3. The number of rotatable bonds is 3. The Morgan fingerprint density at radius 2 is 1.68 bits per heavy atom. The van der Waals surface area contributed by atoms with Gasteiger partial charge in [0.25, 0.3) is 0 Å². The number of carbonyl (C=O) groups is 2. The third-order valence-corrected chi connectivity index (χ3v) is 4.11. The molecule has 1 amide bonds. The molecule has 0 fully saturated rings. The summed E-state index contributed by atoms with van der Waals surface area (Å²) in [7, 11) is 0. The molecule has 0 unspecified atom stereocenters. The highest BCUT2D eigenvalue weighted by Gasteiger charge is 2.30. The predicted octanol–water partition coefficient (Wildman–Crippen LogP) is 2.40. The fourth-order valence-electron chi connectivity index (χ4n) is 2.89. The van der Waals surface area contributed by atoms with Gasteiger partial charge in [-0.3, -0.25) is 4.79 Å². The lowest BCUT2D eigenvalue weighted by Crippen LogP contribution is -2.43. The van der Waals surface area contributed by atoms with Crippen LogP contribution in [-0.2, 0) is 22.2 Å². The lowest BCUT2D eigenvalue weighted by molar-refractivity contribution is -0.303. The monoisotopic (exact) mass is 348 g/mol. The molecule has 1 aliphatic rings. The maximum absolute atomic E-state index is 12.6. The van der Waals surface area contributed by atoms with Gasteiger partial charge >= 0.3 is 6.18 Å². The van der Waals surface area contributed by atoms with Crippen LogP contribution in [0.4, 0.5) is 18.9 Å². The van der Waals surface area contributed by atoms with Crippen molar-refractivity contribution in [2.75, 3.05) is 11.4 Å². The molecule has 3 rings (SSSR count). The van der Waals surface area contributed by atoms with Gasteiger partial charge in [-0.05, 0) is 47.4 Å². The second-order valence-corrected chi connectivity index (χ2v) is 5.77. The minimum atomic E-state index is -4.39. The van der Waals surface area contributed by atoms with Crippen LogP contribution in [0.3, 0.4) is 0 Å². The average Bonchev–Trinajstić information content (AvgIpc) is 2.56. The molecule has 0 spiro atoms. The number of aryl methyl sites for hydroxylation is 1. The molecule has 1 heterocycles. The molecular weight excluding hydrogens is 335 g/mol. The molecule has 7 heteroatoms. The lowest BCUT2D eigenvalue weighted by Gasteiger charge is -2.30. The normalized spacial score (nSPS) is 14.4. The first-order chi connectivity index (χ1) is 11.8. The molecule has 2 aromatic carbocycles. The maximum Gasteiger partial charge on any atom is 0.416 e. The zero-order chi connectivity index (χ0) is 18.2. The maximum atomic E-state index is 12.6. The summed E-state index contributed by atoms with van der Waals surface area (Å²) in [6, 6.07) is 9.84. The van der Waals surface area contributed by atoms with Crippen LogP contribution in [0.1, 0.15) is 17.5 Å². The standard InChI is InChI=1S/C18H14F3NO3/c19-18(20,21)14-5-1-11(2-6-14)12-3-7-15-13(9-12)4-8-16(23)22(15)10-17(24)25/h1-3,5-7,9H,4,8,10H2,(H,24,25)/p-1. The molecule has 1 aliphatic heterocycles. The van der Waals surface area contributed by atoms with Crippen molar-refractivity contribution >= 4 is 17.6 Å². The van der Waals surface area contributed by atoms with Gasteiger partial charge < -0.3 is 14.8 Å². The minimum absolute atomic E-state index is 0.177. The van der Waals surface area contributed by atoms with E-state index in [1.165, 1.54) is 12.1 Å². The van der Waals surface area contributed by atoms with Gasteiger partial charge in [-0.25, -0.2) is 0 Å². The molecule has 0 atom stereocenters. The number of carboxylic acids is 1. The summed E-state index contributed by atoms with van der Waals surface area (Å²) in [6.45, 7) is -0.522. The molecule has 0 saturated carbocycles. The van der Waals surface area contributed by atoms with Gasteiger partial charge in [0.1, 0.15) is 0 Å². The Hall–Kier alpha value is -2.83. The second-order valence-electron chi connectivity index (χ2n) is 5.77. The molecule has 0 aromatic heterocycles. The van der Waals surface area contributed by atoms with Crippen molar-refractivity contribution in [3.8, 4) is 11.1 Å².